The van der Waals surface area contributed by atoms with Crippen molar-refractivity contribution < 1.29 is 19.1 Å². The fourth-order valence-electron chi connectivity index (χ4n) is 0.358. The minimum atomic E-state index is -0.882. The molecule has 68 valence electrons. The second-order valence-corrected chi connectivity index (χ2v) is 2.37. The Morgan fingerprint density at radius 1 is 0.917 bits per heavy atom. The van der Waals surface area contributed by atoms with Gasteiger partial charge < -0.3 is 9.47 Å². The Kier molecular flexibility index (Phi) is 4.70. The van der Waals surface area contributed by atoms with Crippen LogP contribution in [0, 0.1) is 0 Å². The Hall–Kier alpha value is -0.740. The minimum absolute atomic E-state index is 0.494. The molecule has 0 saturated carbocycles. The average molecular weight is 213 g/mol. The van der Waals surface area contributed by atoms with E-state index in [0.717, 1.165) is 14.2 Å². The third kappa shape index (κ3) is 2.71. The molecule has 0 aromatic carbocycles. The van der Waals surface area contributed by atoms with E-state index >= 15 is 0 Å². The number of carbonyl (C=O) groups excluding carboxylic acids is 2. The highest BCUT2D eigenvalue weighted by atomic mass is 35.5. The molecule has 0 aliphatic heterocycles. The molecular weight excluding hydrogens is 207 g/mol. The van der Waals surface area contributed by atoms with Crippen molar-refractivity contribution in [2.45, 2.75) is 0 Å². The zero-order chi connectivity index (χ0) is 9.72. The van der Waals surface area contributed by atoms with Gasteiger partial charge in [-0.15, -0.1) is 0 Å². The number of carbonyl (C=O) groups is 2. The molecule has 0 rings (SSSR count). The highest BCUT2D eigenvalue weighted by molar-refractivity contribution is 6.53. The maximum Gasteiger partial charge on any atom is 0.351 e. The van der Waals surface area contributed by atoms with E-state index in [9.17, 15) is 9.59 Å². The number of halogens is 2. The molecule has 0 aromatic rings. The van der Waals surface area contributed by atoms with Crippen LogP contribution < -0.4 is 0 Å². The van der Waals surface area contributed by atoms with Crippen molar-refractivity contribution in [3.8, 4) is 0 Å². The van der Waals surface area contributed by atoms with Gasteiger partial charge in [0, 0.05) is 0 Å². The molecule has 12 heavy (non-hydrogen) atoms. The van der Waals surface area contributed by atoms with Crippen LogP contribution in [0.15, 0.2) is 10.1 Å². The third-order valence-electron chi connectivity index (χ3n) is 0.922. The van der Waals surface area contributed by atoms with Gasteiger partial charge in [-0.25, -0.2) is 9.59 Å². The lowest BCUT2D eigenvalue weighted by Crippen LogP contribution is -2.08. The van der Waals surface area contributed by atoms with Gasteiger partial charge in [0.05, 0.1) is 14.2 Å². The molecule has 0 aromatic heterocycles. The predicted molar refractivity (Wildman–Crippen MR) is 42.8 cm³/mol. The molecule has 0 aliphatic rings. The summed E-state index contributed by atoms with van der Waals surface area (Å²) in [4.78, 5) is 21.3. The zero-order valence-electron chi connectivity index (χ0n) is 6.39. The first-order chi connectivity index (χ1) is 5.54. The van der Waals surface area contributed by atoms with Gasteiger partial charge in [-0.1, -0.05) is 23.2 Å². The molecule has 0 heterocycles. The van der Waals surface area contributed by atoms with Gasteiger partial charge >= 0.3 is 11.9 Å². The second kappa shape index (κ2) is 5.00. The van der Waals surface area contributed by atoms with Crippen LogP contribution in [-0.2, 0) is 19.1 Å². The van der Waals surface area contributed by atoms with E-state index in [1.807, 2.05) is 0 Å². The molecule has 0 amide bonds. The van der Waals surface area contributed by atoms with Crippen molar-refractivity contribution in [2.24, 2.45) is 0 Å². The molecule has 0 N–H and O–H groups in total. The SMILES string of the molecule is COC(=O)/C(Cl)=C(\Cl)C(=O)OC. The summed E-state index contributed by atoms with van der Waals surface area (Å²) in [6, 6.07) is 0. The monoisotopic (exact) mass is 212 g/mol. The molecule has 0 saturated heterocycles. The molecule has 0 fully saturated rings. The first kappa shape index (κ1) is 11.3. The summed E-state index contributed by atoms with van der Waals surface area (Å²) in [7, 11) is 2.23. The summed E-state index contributed by atoms with van der Waals surface area (Å²) in [5.41, 5.74) is 0. The summed E-state index contributed by atoms with van der Waals surface area (Å²) >= 11 is 10.7. The Labute approximate surface area is 79.0 Å². The molecule has 0 bridgehead atoms. The molecule has 0 aliphatic carbocycles. The Balaban J connectivity index is 4.68. The molecule has 0 spiro atoms. The lowest BCUT2D eigenvalue weighted by molar-refractivity contribution is -0.138. The quantitative estimate of drug-likeness (QED) is 0.507. The first-order valence-electron chi connectivity index (χ1n) is 2.76. The van der Waals surface area contributed by atoms with Crippen LogP contribution in [0.4, 0.5) is 0 Å². The van der Waals surface area contributed by atoms with Gasteiger partial charge in [-0.2, -0.15) is 0 Å². The fourth-order valence-corrected chi connectivity index (χ4v) is 0.667. The van der Waals surface area contributed by atoms with E-state index in [-0.39, 0.29) is 0 Å². The number of hydrogen-bond donors (Lipinski definition) is 0. The van der Waals surface area contributed by atoms with E-state index in [1.54, 1.807) is 0 Å². The number of esters is 2. The van der Waals surface area contributed by atoms with E-state index < -0.39 is 22.0 Å². The van der Waals surface area contributed by atoms with Crippen LogP contribution in [-0.4, -0.2) is 26.2 Å². The highest BCUT2D eigenvalue weighted by Gasteiger charge is 2.18. The maximum absolute atomic E-state index is 10.7. The maximum atomic E-state index is 10.7. The van der Waals surface area contributed by atoms with Gasteiger partial charge in [0.2, 0.25) is 0 Å². The Bertz CT molecular complexity index is 210. The Morgan fingerprint density at radius 2 is 1.17 bits per heavy atom. The topological polar surface area (TPSA) is 52.6 Å². The van der Waals surface area contributed by atoms with E-state index in [4.69, 9.17) is 23.2 Å². The summed E-state index contributed by atoms with van der Waals surface area (Å²) in [6.07, 6.45) is 0. The number of hydrogen-bond acceptors (Lipinski definition) is 4. The van der Waals surface area contributed by atoms with Gasteiger partial charge in [0.25, 0.3) is 0 Å². The van der Waals surface area contributed by atoms with Crippen molar-refractivity contribution in [3.63, 3.8) is 0 Å². The Morgan fingerprint density at radius 3 is 1.33 bits per heavy atom. The number of rotatable bonds is 2. The lowest BCUT2D eigenvalue weighted by atomic mass is 10.5. The molecule has 6 heteroatoms. The van der Waals surface area contributed by atoms with Crippen LogP contribution in [0.1, 0.15) is 0 Å². The average Bonchev–Trinajstić information content (AvgIpc) is 2.12. The third-order valence-corrected chi connectivity index (χ3v) is 1.71. The first-order valence-corrected chi connectivity index (χ1v) is 3.52. The predicted octanol–water partition coefficient (Wildman–Crippen LogP) is 1.02. The molecule has 0 radical (unpaired) electrons. The molecule has 0 unspecified atom stereocenters. The van der Waals surface area contributed by atoms with E-state index in [2.05, 4.69) is 9.47 Å². The number of ether oxygens (including phenoxy) is 2. The largest absolute Gasteiger partial charge is 0.465 e. The van der Waals surface area contributed by atoms with Gasteiger partial charge in [0.1, 0.15) is 0 Å². The molecule has 0 atom stereocenters. The van der Waals surface area contributed by atoms with Crippen LogP contribution in [0.3, 0.4) is 0 Å². The number of methoxy groups -OCH3 is 2. The fraction of sp³-hybridized carbons (Fsp3) is 0.333. The smallest absolute Gasteiger partial charge is 0.351 e. The summed E-state index contributed by atoms with van der Waals surface area (Å²) in [5, 5.41) is -0.989. The second-order valence-electron chi connectivity index (χ2n) is 1.61. The van der Waals surface area contributed by atoms with Crippen molar-refractivity contribution in [2.75, 3.05) is 14.2 Å². The highest BCUT2D eigenvalue weighted by Crippen LogP contribution is 2.16. The standard InChI is InChI=1S/C6H6Cl2O4/c1-11-5(9)3(7)4(8)6(10)12-2/h1-2H3/b4-3+. The van der Waals surface area contributed by atoms with Gasteiger partial charge in [0.15, 0.2) is 10.1 Å². The van der Waals surface area contributed by atoms with Gasteiger partial charge in [-0.3, -0.25) is 0 Å². The van der Waals surface area contributed by atoms with Crippen LogP contribution >= 0.6 is 23.2 Å². The van der Waals surface area contributed by atoms with Crippen molar-refractivity contribution in [3.05, 3.63) is 10.1 Å². The van der Waals surface area contributed by atoms with Crippen LogP contribution in [0.25, 0.3) is 0 Å². The van der Waals surface area contributed by atoms with Crippen molar-refractivity contribution >= 4 is 35.1 Å². The summed E-state index contributed by atoms with van der Waals surface area (Å²) < 4.78 is 8.41. The normalized spacial score (nSPS) is 11.7. The summed E-state index contributed by atoms with van der Waals surface area (Å²) in [6.45, 7) is 0. The lowest BCUT2D eigenvalue weighted by Gasteiger charge is -1.99. The van der Waals surface area contributed by atoms with Crippen molar-refractivity contribution in [1.82, 2.24) is 0 Å². The zero-order valence-corrected chi connectivity index (χ0v) is 7.90. The molecular formula is C6H6Cl2O4. The van der Waals surface area contributed by atoms with E-state index in [0.29, 0.717) is 0 Å². The van der Waals surface area contributed by atoms with Crippen molar-refractivity contribution in [1.29, 1.82) is 0 Å². The van der Waals surface area contributed by atoms with Crippen LogP contribution in [0.2, 0.25) is 0 Å². The summed E-state index contributed by atoms with van der Waals surface area (Å²) in [5.74, 6) is -1.76. The van der Waals surface area contributed by atoms with E-state index in [1.165, 1.54) is 0 Å². The van der Waals surface area contributed by atoms with Crippen LogP contribution in [0.5, 0.6) is 0 Å². The minimum Gasteiger partial charge on any atom is -0.465 e. The molecule has 4 nitrogen and oxygen atoms in total. The van der Waals surface area contributed by atoms with Gasteiger partial charge in [-0.05, 0) is 0 Å².